The number of hydrogen-bond donors (Lipinski definition) is 3. The van der Waals surface area contributed by atoms with Gasteiger partial charge in [0.1, 0.15) is 28.9 Å². The van der Waals surface area contributed by atoms with Crippen LogP contribution in [0.15, 0.2) is 42.7 Å². The summed E-state index contributed by atoms with van der Waals surface area (Å²) in [5.74, 6) is 0.379. The first-order valence-corrected chi connectivity index (χ1v) is 9.60. The molecule has 2 aromatic heterocycles. The molecule has 8 nitrogen and oxygen atoms in total. The number of methoxy groups -OCH3 is 1. The summed E-state index contributed by atoms with van der Waals surface area (Å²) in [6.07, 6.45) is 3.41. The first-order chi connectivity index (χ1) is 14.8. The normalized spacial score (nSPS) is 17.5. The number of aromatic nitrogens is 3. The van der Waals surface area contributed by atoms with E-state index in [-0.39, 0.29) is 11.5 Å². The van der Waals surface area contributed by atoms with Crippen LogP contribution < -0.4 is 15.4 Å². The second-order valence-corrected chi connectivity index (χ2v) is 7.52. The summed E-state index contributed by atoms with van der Waals surface area (Å²) in [6, 6.07) is 7.53. The molecule has 1 aliphatic rings. The third-order valence-electron chi connectivity index (χ3n) is 5.20. The molecule has 0 bridgehead atoms. The lowest BCUT2D eigenvalue weighted by atomic mass is 9.82. The average molecular weight is 420 g/mol. The molecule has 1 aliphatic heterocycles. The van der Waals surface area contributed by atoms with E-state index in [1.807, 2.05) is 0 Å². The number of carbonyl (C=O) groups is 1. The lowest BCUT2D eigenvalue weighted by Gasteiger charge is -2.37. The number of aryl methyl sites for hydroxylation is 1. The fraction of sp³-hybridized carbons (Fsp3) is 0.227. The number of amidine groups is 1. The van der Waals surface area contributed by atoms with Crippen LogP contribution in [0, 0.1) is 18.2 Å². The van der Waals surface area contributed by atoms with Crippen molar-refractivity contribution in [3.8, 4) is 5.75 Å². The van der Waals surface area contributed by atoms with E-state index in [9.17, 15) is 9.18 Å². The predicted molar refractivity (Wildman–Crippen MR) is 113 cm³/mol. The van der Waals surface area contributed by atoms with Crippen LogP contribution in [0.4, 0.5) is 10.1 Å². The van der Waals surface area contributed by atoms with E-state index < -0.39 is 17.3 Å². The minimum atomic E-state index is -0.923. The van der Waals surface area contributed by atoms with Crippen molar-refractivity contribution in [1.29, 1.82) is 5.41 Å². The Bertz CT molecular complexity index is 1180. The van der Waals surface area contributed by atoms with Gasteiger partial charge in [0.25, 0.3) is 5.91 Å². The maximum atomic E-state index is 14.8. The number of anilines is 1. The molecule has 3 heterocycles. The highest BCUT2D eigenvalue weighted by Gasteiger charge is 2.37. The number of benzene rings is 1. The van der Waals surface area contributed by atoms with Crippen molar-refractivity contribution in [2.75, 3.05) is 12.4 Å². The number of ether oxygens (including phenoxy) is 1. The van der Waals surface area contributed by atoms with Crippen LogP contribution in [0.5, 0.6) is 5.75 Å². The van der Waals surface area contributed by atoms with Gasteiger partial charge in [0.15, 0.2) is 0 Å². The Hall–Kier alpha value is -3.88. The zero-order valence-corrected chi connectivity index (χ0v) is 17.3. The molecule has 0 unspecified atom stereocenters. The molecule has 0 fully saturated rings. The summed E-state index contributed by atoms with van der Waals surface area (Å²) in [5, 5.41) is 14.1. The number of fused-ring (bicyclic) bond motifs is 1. The van der Waals surface area contributed by atoms with Crippen molar-refractivity contribution in [3.05, 3.63) is 76.9 Å². The van der Waals surface area contributed by atoms with E-state index in [2.05, 4.69) is 25.6 Å². The van der Waals surface area contributed by atoms with Gasteiger partial charge in [-0.3, -0.25) is 10.2 Å². The average Bonchev–Trinajstić information content (AvgIpc) is 2.74. The molecule has 4 rings (SSSR count). The molecule has 9 heteroatoms. The lowest BCUT2D eigenvalue weighted by molar-refractivity contribution is 0.102. The van der Waals surface area contributed by atoms with Gasteiger partial charge >= 0.3 is 0 Å². The Kier molecular flexibility index (Phi) is 5.10. The molecular weight excluding hydrogens is 399 g/mol. The van der Waals surface area contributed by atoms with Crippen molar-refractivity contribution >= 4 is 17.4 Å². The van der Waals surface area contributed by atoms with Gasteiger partial charge in [-0.05, 0) is 44.2 Å². The summed E-state index contributed by atoms with van der Waals surface area (Å²) in [4.78, 5) is 25.2. The summed E-state index contributed by atoms with van der Waals surface area (Å²) < 4.78 is 19.9. The number of amides is 1. The maximum absolute atomic E-state index is 14.8. The highest BCUT2D eigenvalue weighted by molar-refractivity contribution is 6.03. The van der Waals surface area contributed by atoms with Gasteiger partial charge in [0, 0.05) is 23.9 Å². The quantitative estimate of drug-likeness (QED) is 0.598. The van der Waals surface area contributed by atoms with Crippen molar-refractivity contribution in [2.24, 2.45) is 0 Å². The molecule has 31 heavy (non-hydrogen) atoms. The summed E-state index contributed by atoms with van der Waals surface area (Å²) in [6.45, 7) is 3.57. The van der Waals surface area contributed by atoms with Gasteiger partial charge in [-0.25, -0.2) is 19.3 Å². The summed E-state index contributed by atoms with van der Waals surface area (Å²) in [5.41, 5.74) is 1.29. The lowest BCUT2D eigenvalue weighted by Crippen LogP contribution is -2.50. The van der Waals surface area contributed by atoms with Crippen LogP contribution in [0.1, 0.15) is 40.1 Å². The van der Waals surface area contributed by atoms with Gasteiger partial charge < -0.3 is 15.4 Å². The smallest absolute Gasteiger partial charge is 0.274 e. The van der Waals surface area contributed by atoms with Crippen LogP contribution >= 0.6 is 0 Å². The number of pyridine rings is 1. The van der Waals surface area contributed by atoms with Crippen molar-refractivity contribution < 1.29 is 13.9 Å². The van der Waals surface area contributed by atoms with Gasteiger partial charge in [-0.15, -0.1) is 0 Å². The first-order valence-electron chi connectivity index (χ1n) is 9.60. The number of rotatable bonds is 4. The molecule has 0 aliphatic carbocycles. The van der Waals surface area contributed by atoms with Crippen molar-refractivity contribution in [1.82, 2.24) is 20.3 Å². The van der Waals surface area contributed by atoms with E-state index in [4.69, 9.17) is 10.1 Å². The van der Waals surface area contributed by atoms with E-state index in [1.165, 1.54) is 25.4 Å². The van der Waals surface area contributed by atoms with Crippen LogP contribution in [0.2, 0.25) is 0 Å². The number of nitrogens with zero attached hydrogens (tertiary/aromatic N) is 3. The fourth-order valence-electron chi connectivity index (χ4n) is 3.60. The second kappa shape index (κ2) is 7.75. The molecule has 158 valence electrons. The molecule has 1 amide bonds. The molecule has 0 spiro atoms. The maximum Gasteiger partial charge on any atom is 0.274 e. The zero-order chi connectivity index (χ0) is 22.2. The van der Waals surface area contributed by atoms with Gasteiger partial charge in [-0.2, -0.15) is 0 Å². The topological polar surface area (TPSA) is 113 Å². The zero-order valence-electron chi connectivity index (χ0n) is 17.3. The Morgan fingerprint density at radius 3 is 2.77 bits per heavy atom. The Morgan fingerprint density at radius 1 is 1.26 bits per heavy atom. The highest BCUT2D eigenvalue weighted by Crippen LogP contribution is 2.33. The summed E-state index contributed by atoms with van der Waals surface area (Å²) in [7, 11) is 1.52. The minimum Gasteiger partial charge on any atom is -0.495 e. The van der Waals surface area contributed by atoms with E-state index >= 15 is 0 Å². The predicted octanol–water partition coefficient (Wildman–Crippen LogP) is 2.97. The molecule has 1 atom stereocenters. The molecule has 0 saturated heterocycles. The number of nitrogens with one attached hydrogen (secondary N) is 3. The largest absolute Gasteiger partial charge is 0.495 e. The fourth-order valence-corrected chi connectivity index (χ4v) is 3.60. The second-order valence-electron chi connectivity index (χ2n) is 7.52. The molecule has 3 N–H and O–H groups in total. The Morgan fingerprint density at radius 2 is 2.06 bits per heavy atom. The van der Waals surface area contributed by atoms with E-state index in [1.54, 1.807) is 38.2 Å². The molecular formula is C22H21FN6O2. The SMILES string of the molecule is COc1ccc(C(=O)Nc2ccc(F)c([C@]3(C)Cc4nc(C)ncc4C(=N)N3)c2)nc1. The van der Waals surface area contributed by atoms with Crippen LogP contribution in [0.25, 0.3) is 0 Å². The number of halogens is 1. The van der Waals surface area contributed by atoms with Crippen LogP contribution in [-0.2, 0) is 12.0 Å². The summed E-state index contributed by atoms with van der Waals surface area (Å²) >= 11 is 0. The minimum absolute atomic E-state index is 0.125. The van der Waals surface area contributed by atoms with Crippen LogP contribution in [-0.4, -0.2) is 33.8 Å². The monoisotopic (exact) mass is 420 g/mol. The number of hydrogen-bond acceptors (Lipinski definition) is 6. The van der Waals surface area contributed by atoms with Gasteiger partial charge in [0.05, 0.1) is 30.1 Å². The molecule has 1 aromatic carbocycles. The van der Waals surface area contributed by atoms with Crippen molar-refractivity contribution in [2.45, 2.75) is 25.8 Å². The molecule has 3 aromatic rings. The first kappa shape index (κ1) is 20.4. The van der Waals surface area contributed by atoms with E-state index in [0.29, 0.717) is 40.5 Å². The third-order valence-corrected chi connectivity index (χ3v) is 5.20. The molecule has 0 radical (unpaired) electrons. The van der Waals surface area contributed by atoms with Gasteiger partial charge in [0.2, 0.25) is 0 Å². The Balaban J connectivity index is 1.63. The molecule has 0 saturated carbocycles. The standard InChI is InChI=1S/C22H21FN6O2/c1-12-25-11-15-19(27-12)9-22(2,29-20(15)24)16-8-13(4-6-17(16)23)28-21(30)18-7-5-14(31-3)10-26-18/h4-8,10-11H,9H2,1-3H3,(H2,24,29)(H,28,30)/t22-/m0/s1. The Labute approximate surface area is 178 Å². The van der Waals surface area contributed by atoms with Crippen molar-refractivity contribution in [3.63, 3.8) is 0 Å². The highest BCUT2D eigenvalue weighted by atomic mass is 19.1. The number of carbonyl (C=O) groups excluding carboxylic acids is 1. The van der Waals surface area contributed by atoms with Gasteiger partial charge in [-0.1, -0.05) is 0 Å². The van der Waals surface area contributed by atoms with E-state index in [0.717, 1.165) is 0 Å². The van der Waals surface area contributed by atoms with Crippen LogP contribution in [0.3, 0.4) is 0 Å². The third kappa shape index (κ3) is 3.94.